The third-order valence-corrected chi connectivity index (χ3v) is 3.12. The molecule has 20 heavy (non-hydrogen) atoms. The third kappa shape index (κ3) is 3.73. The summed E-state index contributed by atoms with van der Waals surface area (Å²) < 4.78 is 5.13. The van der Waals surface area contributed by atoms with Crippen LogP contribution in [-0.2, 0) is 6.54 Å². The van der Waals surface area contributed by atoms with Crippen LogP contribution in [0.1, 0.15) is 17.2 Å². The number of rotatable bonds is 6. The van der Waals surface area contributed by atoms with Crippen molar-refractivity contribution in [2.75, 3.05) is 13.7 Å². The second-order valence-corrected chi connectivity index (χ2v) is 4.55. The number of hydrogen-bond donors (Lipinski definition) is 3. The van der Waals surface area contributed by atoms with Crippen molar-refractivity contribution in [2.45, 2.75) is 12.6 Å². The van der Waals surface area contributed by atoms with Crippen molar-refractivity contribution in [3.05, 3.63) is 59.7 Å². The summed E-state index contributed by atoms with van der Waals surface area (Å²) in [6.45, 7) is 0.912. The minimum atomic E-state index is -0.615. The summed E-state index contributed by atoms with van der Waals surface area (Å²) in [6.07, 6.45) is -0.615. The molecule has 2 aromatic rings. The van der Waals surface area contributed by atoms with Crippen molar-refractivity contribution >= 4 is 0 Å². The SMILES string of the molecule is COc1cccc(C(O)CNCc2ccccc2O)c1. The second kappa shape index (κ2) is 6.93. The lowest BCUT2D eigenvalue weighted by atomic mass is 10.1. The van der Waals surface area contributed by atoms with Crippen LogP contribution in [0.15, 0.2) is 48.5 Å². The number of phenols is 1. The van der Waals surface area contributed by atoms with Gasteiger partial charge in [-0.05, 0) is 23.8 Å². The Hall–Kier alpha value is -2.04. The Morgan fingerprint density at radius 3 is 2.70 bits per heavy atom. The van der Waals surface area contributed by atoms with Gasteiger partial charge in [0.05, 0.1) is 13.2 Å². The van der Waals surface area contributed by atoms with E-state index < -0.39 is 6.10 Å². The van der Waals surface area contributed by atoms with E-state index in [0.29, 0.717) is 13.1 Å². The summed E-state index contributed by atoms with van der Waals surface area (Å²) in [7, 11) is 1.60. The fourth-order valence-corrected chi connectivity index (χ4v) is 1.97. The Labute approximate surface area is 118 Å². The normalized spacial score (nSPS) is 12.1. The van der Waals surface area contributed by atoms with E-state index in [-0.39, 0.29) is 5.75 Å². The van der Waals surface area contributed by atoms with E-state index in [9.17, 15) is 10.2 Å². The average molecular weight is 273 g/mol. The van der Waals surface area contributed by atoms with Crippen LogP contribution >= 0.6 is 0 Å². The first-order valence-corrected chi connectivity index (χ1v) is 6.50. The Bertz CT molecular complexity index is 557. The van der Waals surface area contributed by atoms with Gasteiger partial charge in [-0.1, -0.05) is 30.3 Å². The number of aliphatic hydroxyl groups is 1. The molecule has 2 aromatic carbocycles. The van der Waals surface area contributed by atoms with Gasteiger partial charge < -0.3 is 20.3 Å². The van der Waals surface area contributed by atoms with Gasteiger partial charge in [0.2, 0.25) is 0 Å². The third-order valence-electron chi connectivity index (χ3n) is 3.12. The number of methoxy groups -OCH3 is 1. The zero-order valence-electron chi connectivity index (χ0n) is 11.4. The lowest BCUT2D eigenvalue weighted by Gasteiger charge is -2.13. The van der Waals surface area contributed by atoms with Crippen molar-refractivity contribution in [1.82, 2.24) is 5.32 Å². The van der Waals surface area contributed by atoms with Gasteiger partial charge in [0.1, 0.15) is 11.5 Å². The Morgan fingerprint density at radius 1 is 1.15 bits per heavy atom. The van der Waals surface area contributed by atoms with Crippen LogP contribution in [0.3, 0.4) is 0 Å². The summed E-state index contributed by atoms with van der Waals surface area (Å²) in [6, 6.07) is 14.5. The molecule has 106 valence electrons. The summed E-state index contributed by atoms with van der Waals surface area (Å²) in [5.74, 6) is 0.984. The maximum atomic E-state index is 10.1. The molecular weight excluding hydrogens is 254 g/mol. The molecule has 3 N–H and O–H groups in total. The molecule has 4 heteroatoms. The fraction of sp³-hybridized carbons (Fsp3) is 0.250. The molecule has 0 fully saturated rings. The second-order valence-electron chi connectivity index (χ2n) is 4.55. The molecule has 0 spiro atoms. The molecule has 0 amide bonds. The van der Waals surface area contributed by atoms with E-state index in [2.05, 4.69) is 5.32 Å². The maximum Gasteiger partial charge on any atom is 0.120 e. The minimum absolute atomic E-state index is 0.260. The predicted molar refractivity (Wildman–Crippen MR) is 77.8 cm³/mol. The van der Waals surface area contributed by atoms with Crippen molar-refractivity contribution in [3.63, 3.8) is 0 Å². The van der Waals surface area contributed by atoms with Crippen LogP contribution in [0, 0.1) is 0 Å². The molecule has 2 rings (SSSR count). The zero-order valence-corrected chi connectivity index (χ0v) is 11.4. The van der Waals surface area contributed by atoms with Gasteiger partial charge in [0, 0.05) is 18.7 Å². The molecule has 1 unspecified atom stereocenters. The molecule has 0 bridgehead atoms. The van der Waals surface area contributed by atoms with Gasteiger partial charge in [-0.15, -0.1) is 0 Å². The largest absolute Gasteiger partial charge is 0.508 e. The number of phenolic OH excluding ortho intramolecular Hbond substituents is 1. The monoisotopic (exact) mass is 273 g/mol. The van der Waals surface area contributed by atoms with E-state index >= 15 is 0 Å². The van der Waals surface area contributed by atoms with Gasteiger partial charge >= 0.3 is 0 Å². The quantitative estimate of drug-likeness (QED) is 0.755. The smallest absolute Gasteiger partial charge is 0.120 e. The highest BCUT2D eigenvalue weighted by Crippen LogP contribution is 2.19. The first-order chi connectivity index (χ1) is 9.70. The van der Waals surface area contributed by atoms with E-state index in [1.54, 1.807) is 19.2 Å². The van der Waals surface area contributed by atoms with Gasteiger partial charge in [-0.3, -0.25) is 0 Å². The Morgan fingerprint density at radius 2 is 1.95 bits per heavy atom. The number of aliphatic hydroxyl groups excluding tert-OH is 1. The molecule has 0 aliphatic heterocycles. The van der Waals surface area contributed by atoms with Crippen LogP contribution in [0.2, 0.25) is 0 Å². The van der Waals surface area contributed by atoms with Crippen molar-refractivity contribution in [1.29, 1.82) is 0 Å². The molecule has 0 aliphatic rings. The fourth-order valence-electron chi connectivity index (χ4n) is 1.97. The highest BCUT2D eigenvalue weighted by atomic mass is 16.5. The van der Waals surface area contributed by atoms with Crippen LogP contribution in [0.5, 0.6) is 11.5 Å². The Balaban J connectivity index is 1.89. The van der Waals surface area contributed by atoms with E-state index in [1.807, 2.05) is 36.4 Å². The number of hydrogen-bond acceptors (Lipinski definition) is 4. The molecule has 0 aliphatic carbocycles. The molecular formula is C16H19NO3. The number of aromatic hydroxyl groups is 1. The van der Waals surface area contributed by atoms with Crippen LogP contribution in [-0.4, -0.2) is 23.9 Å². The molecule has 0 radical (unpaired) electrons. The van der Waals surface area contributed by atoms with E-state index in [4.69, 9.17) is 4.74 Å². The predicted octanol–water partition coefficient (Wildman–Crippen LogP) is 2.22. The lowest BCUT2D eigenvalue weighted by Crippen LogP contribution is -2.21. The lowest BCUT2D eigenvalue weighted by molar-refractivity contribution is 0.174. The van der Waals surface area contributed by atoms with Gasteiger partial charge in [0.15, 0.2) is 0 Å². The standard InChI is InChI=1S/C16H19NO3/c1-20-14-7-4-6-12(9-14)16(19)11-17-10-13-5-2-3-8-15(13)18/h2-9,16-19H,10-11H2,1H3. The average Bonchev–Trinajstić information content (AvgIpc) is 2.49. The maximum absolute atomic E-state index is 10.1. The van der Waals surface area contributed by atoms with Crippen molar-refractivity contribution in [3.8, 4) is 11.5 Å². The zero-order chi connectivity index (χ0) is 14.4. The number of nitrogens with one attached hydrogen (secondary N) is 1. The molecule has 4 nitrogen and oxygen atoms in total. The molecule has 0 heterocycles. The van der Waals surface area contributed by atoms with E-state index in [1.165, 1.54) is 0 Å². The number of para-hydroxylation sites is 1. The summed E-state index contributed by atoms with van der Waals surface area (Å²) >= 11 is 0. The topological polar surface area (TPSA) is 61.7 Å². The van der Waals surface area contributed by atoms with Crippen molar-refractivity contribution in [2.24, 2.45) is 0 Å². The summed E-state index contributed by atoms with van der Waals surface area (Å²) in [5.41, 5.74) is 1.61. The van der Waals surface area contributed by atoms with Gasteiger partial charge in [-0.25, -0.2) is 0 Å². The summed E-state index contributed by atoms with van der Waals surface area (Å²) in [5, 5.41) is 22.9. The molecule has 0 aromatic heterocycles. The Kier molecular flexibility index (Phi) is 4.98. The van der Waals surface area contributed by atoms with Crippen LogP contribution in [0.25, 0.3) is 0 Å². The van der Waals surface area contributed by atoms with E-state index in [0.717, 1.165) is 16.9 Å². The van der Waals surface area contributed by atoms with Crippen LogP contribution in [0.4, 0.5) is 0 Å². The van der Waals surface area contributed by atoms with Gasteiger partial charge in [-0.2, -0.15) is 0 Å². The first kappa shape index (κ1) is 14.4. The molecule has 1 atom stereocenters. The van der Waals surface area contributed by atoms with Crippen LogP contribution < -0.4 is 10.1 Å². The summed E-state index contributed by atoms with van der Waals surface area (Å²) in [4.78, 5) is 0. The molecule has 0 saturated heterocycles. The highest BCUT2D eigenvalue weighted by Gasteiger charge is 2.08. The molecule has 0 saturated carbocycles. The highest BCUT2D eigenvalue weighted by molar-refractivity contribution is 5.32. The number of benzene rings is 2. The number of ether oxygens (including phenoxy) is 1. The van der Waals surface area contributed by atoms with Gasteiger partial charge in [0.25, 0.3) is 0 Å². The minimum Gasteiger partial charge on any atom is -0.508 e. The first-order valence-electron chi connectivity index (χ1n) is 6.50. The van der Waals surface area contributed by atoms with Crippen molar-refractivity contribution < 1.29 is 14.9 Å².